The predicted molar refractivity (Wildman–Crippen MR) is 73.1 cm³/mol. The zero-order valence-corrected chi connectivity index (χ0v) is 11.9. The highest BCUT2D eigenvalue weighted by Gasteiger charge is 2.37. The molecule has 0 N–H and O–H groups in total. The minimum Gasteiger partial charge on any atom is -0.302 e. The van der Waals surface area contributed by atoms with Crippen molar-refractivity contribution in [1.82, 2.24) is 4.90 Å². The Kier molecular flexibility index (Phi) is 3.27. The van der Waals surface area contributed by atoms with Gasteiger partial charge in [0.05, 0.1) is 5.25 Å². The average Bonchev–Trinajstić information content (AvgIpc) is 2.90. The SMILES string of the molecule is CS(=O)(=O)C1CCCN(CC2CC3C=CC2C3)C1. The molecule has 3 rings (SSSR count). The van der Waals surface area contributed by atoms with Crippen LogP contribution in [0.4, 0.5) is 0 Å². The number of sulfone groups is 1. The van der Waals surface area contributed by atoms with Crippen molar-refractivity contribution in [2.24, 2.45) is 17.8 Å². The van der Waals surface area contributed by atoms with Gasteiger partial charge in [0.1, 0.15) is 0 Å². The first-order valence-electron chi connectivity index (χ1n) is 7.12. The lowest BCUT2D eigenvalue weighted by atomic mass is 9.92. The van der Waals surface area contributed by atoms with Crippen LogP contribution in [0, 0.1) is 17.8 Å². The summed E-state index contributed by atoms with van der Waals surface area (Å²) in [5.41, 5.74) is 0. The van der Waals surface area contributed by atoms with Crippen molar-refractivity contribution in [2.75, 3.05) is 25.9 Å². The van der Waals surface area contributed by atoms with Gasteiger partial charge in [-0.25, -0.2) is 8.42 Å². The lowest BCUT2D eigenvalue weighted by Gasteiger charge is -2.34. The number of rotatable bonds is 3. The number of fused-ring (bicyclic) bond motifs is 2. The fraction of sp³-hybridized carbons (Fsp3) is 0.857. The van der Waals surface area contributed by atoms with Crippen LogP contribution < -0.4 is 0 Å². The standard InChI is InChI=1S/C14H23NO2S/c1-18(16,17)14-3-2-6-15(10-14)9-13-8-11-4-5-12(13)7-11/h4-5,11-14H,2-3,6-10H2,1H3. The molecular weight excluding hydrogens is 246 g/mol. The van der Waals surface area contributed by atoms with Crippen molar-refractivity contribution < 1.29 is 8.42 Å². The van der Waals surface area contributed by atoms with E-state index in [1.165, 1.54) is 19.1 Å². The highest BCUT2D eigenvalue weighted by Crippen LogP contribution is 2.43. The first-order valence-corrected chi connectivity index (χ1v) is 9.07. The Hall–Kier alpha value is -0.350. The second kappa shape index (κ2) is 4.64. The quantitative estimate of drug-likeness (QED) is 0.732. The third-order valence-corrected chi connectivity index (χ3v) is 6.57. The molecule has 3 aliphatic rings. The topological polar surface area (TPSA) is 37.4 Å². The Balaban J connectivity index is 1.59. The fourth-order valence-corrected chi connectivity index (χ4v) is 5.04. The largest absolute Gasteiger partial charge is 0.302 e. The second-order valence-corrected chi connectivity index (χ2v) is 8.72. The maximum absolute atomic E-state index is 11.7. The van der Waals surface area contributed by atoms with Gasteiger partial charge in [-0.2, -0.15) is 0 Å². The van der Waals surface area contributed by atoms with Gasteiger partial charge in [0.2, 0.25) is 0 Å². The third-order valence-electron chi connectivity index (χ3n) is 4.98. The van der Waals surface area contributed by atoms with Gasteiger partial charge in [-0.1, -0.05) is 12.2 Å². The summed E-state index contributed by atoms with van der Waals surface area (Å²) in [6.45, 7) is 2.96. The molecular formula is C14H23NO2S. The Morgan fingerprint density at radius 2 is 2.11 bits per heavy atom. The van der Waals surface area contributed by atoms with Crippen LogP contribution in [0.5, 0.6) is 0 Å². The van der Waals surface area contributed by atoms with Gasteiger partial charge in [-0.3, -0.25) is 0 Å². The van der Waals surface area contributed by atoms with E-state index in [2.05, 4.69) is 17.1 Å². The van der Waals surface area contributed by atoms with E-state index < -0.39 is 9.84 Å². The van der Waals surface area contributed by atoms with E-state index in [4.69, 9.17) is 0 Å². The number of hydrogen-bond acceptors (Lipinski definition) is 3. The number of allylic oxidation sites excluding steroid dienone is 2. The molecule has 2 fully saturated rings. The van der Waals surface area contributed by atoms with Crippen LogP contribution in [-0.4, -0.2) is 44.5 Å². The molecule has 1 saturated heterocycles. The van der Waals surface area contributed by atoms with Crippen molar-refractivity contribution in [2.45, 2.75) is 30.9 Å². The highest BCUT2D eigenvalue weighted by atomic mass is 32.2. The second-order valence-electron chi connectivity index (χ2n) is 6.39. The van der Waals surface area contributed by atoms with E-state index in [1.54, 1.807) is 0 Å². The van der Waals surface area contributed by atoms with Crippen LogP contribution >= 0.6 is 0 Å². The minimum atomic E-state index is -2.86. The van der Waals surface area contributed by atoms with E-state index in [0.717, 1.165) is 50.2 Å². The van der Waals surface area contributed by atoms with Crippen molar-refractivity contribution >= 4 is 9.84 Å². The van der Waals surface area contributed by atoms with Crippen molar-refractivity contribution in [3.05, 3.63) is 12.2 Å². The zero-order chi connectivity index (χ0) is 12.8. The fourth-order valence-electron chi connectivity index (χ4n) is 3.96. The van der Waals surface area contributed by atoms with E-state index in [0.29, 0.717) is 0 Å². The van der Waals surface area contributed by atoms with Gasteiger partial charge >= 0.3 is 0 Å². The molecule has 0 radical (unpaired) electrons. The maximum Gasteiger partial charge on any atom is 0.151 e. The van der Waals surface area contributed by atoms with Crippen LogP contribution in [0.1, 0.15) is 25.7 Å². The summed E-state index contributed by atoms with van der Waals surface area (Å²) < 4.78 is 23.3. The number of piperidine rings is 1. The molecule has 18 heavy (non-hydrogen) atoms. The van der Waals surface area contributed by atoms with Crippen LogP contribution in [0.3, 0.4) is 0 Å². The molecule has 1 saturated carbocycles. The molecule has 0 aromatic carbocycles. The third kappa shape index (κ3) is 2.50. The number of hydrogen-bond donors (Lipinski definition) is 0. The number of nitrogens with zero attached hydrogens (tertiary/aromatic N) is 1. The lowest BCUT2D eigenvalue weighted by molar-refractivity contribution is 0.185. The summed E-state index contributed by atoms with van der Waals surface area (Å²) in [6.07, 6.45) is 10.7. The van der Waals surface area contributed by atoms with E-state index in [9.17, 15) is 8.42 Å². The van der Waals surface area contributed by atoms with Crippen LogP contribution in [-0.2, 0) is 9.84 Å². The molecule has 4 unspecified atom stereocenters. The Morgan fingerprint density at radius 1 is 1.28 bits per heavy atom. The average molecular weight is 269 g/mol. The van der Waals surface area contributed by atoms with Gasteiger partial charge in [0, 0.05) is 19.3 Å². The molecule has 4 atom stereocenters. The molecule has 0 aromatic rings. The summed E-state index contributed by atoms with van der Waals surface area (Å²) in [5, 5.41) is -0.125. The summed E-state index contributed by atoms with van der Waals surface area (Å²) in [5.74, 6) is 2.36. The highest BCUT2D eigenvalue weighted by molar-refractivity contribution is 7.91. The predicted octanol–water partition coefficient (Wildman–Crippen LogP) is 1.71. The van der Waals surface area contributed by atoms with Gasteiger partial charge in [-0.05, 0) is 50.0 Å². The molecule has 0 spiro atoms. The molecule has 2 aliphatic carbocycles. The molecule has 0 amide bonds. The van der Waals surface area contributed by atoms with E-state index in [-0.39, 0.29) is 5.25 Å². The summed E-state index contributed by atoms with van der Waals surface area (Å²) in [7, 11) is -2.86. The van der Waals surface area contributed by atoms with Crippen LogP contribution in [0.15, 0.2) is 12.2 Å². The van der Waals surface area contributed by atoms with Crippen molar-refractivity contribution in [3.8, 4) is 0 Å². The molecule has 3 nitrogen and oxygen atoms in total. The molecule has 4 heteroatoms. The molecule has 1 heterocycles. The smallest absolute Gasteiger partial charge is 0.151 e. The monoisotopic (exact) mass is 269 g/mol. The van der Waals surface area contributed by atoms with Gasteiger partial charge < -0.3 is 4.90 Å². The first kappa shape index (κ1) is 12.7. The zero-order valence-electron chi connectivity index (χ0n) is 11.1. The maximum atomic E-state index is 11.7. The van der Waals surface area contributed by atoms with Gasteiger partial charge in [0.15, 0.2) is 9.84 Å². The van der Waals surface area contributed by atoms with E-state index in [1.807, 2.05) is 0 Å². The Morgan fingerprint density at radius 3 is 2.72 bits per heavy atom. The lowest BCUT2D eigenvalue weighted by Crippen LogP contribution is -2.44. The Labute approximate surface area is 110 Å². The summed E-state index contributed by atoms with van der Waals surface area (Å²) >= 11 is 0. The molecule has 1 aliphatic heterocycles. The number of likely N-dealkylation sites (tertiary alicyclic amines) is 1. The van der Waals surface area contributed by atoms with Crippen LogP contribution in [0.2, 0.25) is 0 Å². The molecule has 2 bridgehead atoms. The van der Waals surface area contributed by atoms with Crippen molar-refractivity contribution in [3.63, 3.8) is 0 Å². The van der Waals surface area contributed by atoms with Gasteiger partial charge in [-0.15, -0.1) is 0 Å². The van der Waals surface area contributed by atoms with Crippen LogP contribution in [0.25, 0.3) is 0 Å². The first-order chi connectivity index (χ1) is 8.52. The molecule has 102 valence electrons. The normalized spacial score (nSPS) is 40.5. The Bertz CT molecular complexity index is 443. The molecule has 0 aromatic heterocycles. The van der Waals surface area contributed by atoms with Crippen molar-refractivity contribution in [1.29, 1.82) is 0 Å². The summed E-state index contributed by atoms with van der Waals surface area (Å²) in [6, 6.07) is 0. The summed E-state index contributed by atoms with van der Waals surface area (Å²) in [4.78, 5) is 2.40. The van der Waals surface area contributed by atoms with E-state index >= 15 is 0 Å². The minimum absolute atomic E-state index is 0.125. The van der Waals surface area contributed by atoms with Gasteiger partial charge in [0.25, 0.3) is 0 Å².